The first-order chi connectivity index (χ1) is 9.19. The van der Waals surface area contributed by atoms with E-state index in [4.69, 9.17) is 11.0 Å². The fourth-order valence-corrected chi connectivity index (χ4v) is 2.02. The van der Waals surface area contributed by atoms with Crippen molar-refractivity contribution in [1.82, 2.24) is 9.97 Å². The van der Waals surface area contributed by atoms with E-state index in [2.05, 4.69) is 16.0 Å². The van der Waals surface area contributed by atoms with Crippen molar-refractivity contribution in [1.29, 1.82) is 5.26 Å². The van der Waals surface area contributed by atoms with Gasteiger partial charge in [0.1, 0.15) is 24.0 Å². The van der Waals surface area contributed by atoms with E-state index in [0.717, 1.165) is 23.5 Å². The van der Waals surface area contributed by atoms with Crippen LogP contribution in [0.3, 0.4) is 0 Å². The van der Waals surface area contributed by atoms with E-state index in [1.165, 1.54) is 6.33 Å². The smallest absolute Gasteiger partial charge is 0.141 e. The molecule has 0 bridgehead atoms. The Labute approximate surface area is 112 Å². The average Bonchev–Trinajstić information content (AvgIpc) is 2.46. The molecule has 0 saturated carbocycles. The van der Waals surface area contributed by atoms with E-state index in [1.807, 2.05) is 37.1 Å². The molecule has 1 heterocycles. The molecule has 0 atom stereocenters. The normalized spacial score (nSPS) is 9.95. The van der Waals surface area contributed by atoms with Gasteiger partial charge >= 0.3 is 0 Å². The van der Waals surface area contributed by atoms with Gasteiger partial charge in [-0.3, -0.25) is 0 Å². The number of para-hydroxylation sites is 1. The van der Waals surface area contributed by atoms with Crippen molar-refractivity contribution in [2.45, 2.75) is 13.3 Å². The van der Waals surface area contributed by atoms with Gasteiger partial charge in [0.2, 0.25) is 0 Å². The second kappa shape index (κ2) is 5.36. The molecule has 96 valence electrons. The van der Waals surface area contributed by atoms with Crippen molar-refractivity contribution in [3.8, 4) is 6.07 Å². The van der Waals surface area contributed by atoms with E-state index < -0.39 is 0 Å². The highest BCUT2D eigenvalue weighted by Gasteiger charge is 2.15. The molecule has 0 aliphatic rings. The SMILES string of the molecule is CCc1c(N)ncnc1N(C)c1ccccc1C#N. The summed E-state index contributed by atoms with van der Waals surface area (Å²) < 4.78 is 0. The third-order valence-corrected chi connectivity index (χ3v) is 3.01. The first-order valence-electron chi connectivity index (χ1n) is 6.01. The van der Waals surface area contributed by atoms with Crippen molar-refractivity contribution in [2.24, 2.45) is 0 Å². The maximum Gasteiger partial charge on any atom is 0.141 e. The molecule has 2 rings (SSSR count). The summed E-state index contributed by atoms with van der Waals surface area (Å²) in [5.74, 6) is 1.21. The second-order valence-electron chi connectivity index (χ2n) is 4.10. The van der Waals surface area contributed by atoms with Gasteiger partial charge in [-0.05, 0) is 18.6 Å². The fourth-order valence-electron chi connectivity index (χ4n) is 2.02. The van der Waals surface area contributed by atoms with Crippen LogP contribution < -0.4 is 10.6 Å². The largest absolute Gasteiger partial charge is 0.383 e. The lowest BCUT2D eigenvalue weighted by Crippen LogP contribution is -2.16. The van der Waals surface area contributed by atoms with Crippen LogP contribution in [-0.4, -0.2) is 17.0 Å². The molecule has 0 radical (unpaired) electrons. The zero-order valence-corrected chi connectivity index (χ0v) is 11.0. The van der Waals surface area contributed by atoms with Crippen molar-refractivity contribution < 1.29 is 0 Å². The first-order valence-corrected chi connectivity index (χ1v) is 6.01. The maximum absolute atomic E-state index is 9.16. The summed E-state index contributed by atoms with van der Waals surface area (Å²) in [7, 11) is 1.87. The molecule has 1 aromatic heterocycles. The van der Waals surface area contributed by atoms with Gasteiger partial charge in [-0.2, -0.15) is 5.26 Å². The maximum atomic E-state index is 9.16. The van der Waals surface area contributed by atoms with Gasteiger partial charge in [0, 0.05) is 12.6 Å². The summed E-state index contributed by atoms with van der Waals surface area (Å²) >= 11 is 0. The van der Waals surface area contributed by atoms with E-state index in [9.17, 15) is 0 Å². The number of rotatable bonds is 3. The van der Waals surface area contributed by atoms with Crippen molar-refractivity contribution >= 4 is 17.3 Å². The number of nitrogens with zero attached hydrogens (tertiary/aromatic N) is 4. The third-order valence-electron chi connectivity index (χ3n) is 3.01. The van der Waals surface area contributed by atoms with Gasteiger partial charge in [0.05, 0.1) is 11.3 Å². The minimum Gasteiger partial charge on any atom is -0.383 e. The highest BCUT2D eigenvalue weighted by Crippen LogP contribution is 2.29. The summed E-state index contributed by atoms with van der Waals surface area (Å²) in [6.07, 6.45) is 2.18. The summed E-state index contributed by atoms with van der Waals surface area (Å²) in [5.41, 5.74) is 8.17. The Morgan fingerprint density at radius 1 is 1.32 bits per heavy atom. The quantitative estimate of drug-likeness (QED) is 0.907. The third kappa shape index (κ3) is 2.33. The van der Waals surface area contributed by atoms with Crippen LogP contribution in [0, 0.1) is 11.3 Å². The highest BCUT2D eigenvalue weighted by atomic mass is 15.2. The van der Waals surface area contributed by atoms with Crippen LogP contribution in [0.2, 0.25) is 0 Å². The lowest BCUT2D eigenvalue weighted by atomic mass is 10.1. The highest BCUT2D eigenvalue weighted by molar-refractivity contribution is 5.70. The van der Waals surface area contributed by atoms with Gasteiger partial charge in [-0.25, -0.2) is 9.97 Å². The van der Waals surface area contributed by atoms with Crippen LogP contribution in [-0.2, 0) is 6.42 Å². The van der Waals surface area contributed by atoms with Crippen LogP contribution in [0.1, 0.15) is 18.1 Å². The minimum atomic E-state index is 0.480. The predicted octanol–water partition coefficient (Wildman–Crippen LogP) is 2.26. The molecule has 0 saturated heterocycles. The Morgan fingerprint density at radius 3 is 2.74 bits per heavy atom. The minimum absolute atomic E-state index is 0.480. The Kier molecular flexibility index (Phi) is 3.62. The number of nitriles is 1. The molecular formula is C14H15N5. The van der Waals surface area contributed by atoms with E-state index in [-0.39, 0.29) is 0 Å². The molecule has 0 spiro atoms. The lowest BCUT2D eigenvalue weighted by Gasteiger charge is -2.22. The summed E-state index contributed by atoms with van der Waals surface area (Å²) in [5, 5.41) is 9.16. The van der Waals surface area contributed by atoms with E-state index >= 15 is 0 Å². The van der Waals surface area contributed by atoms with Crippen LogP contribution in [0.25, 0.3) is 0 Å². The molecule has 0 unspecified atom stereocenters. The number of aromatic nitrogens is 2. The first kappa shape index (κ1) is 12.8. The monoisotopic (exact) mass is 253 g/mol. The van der Waals surface area contributed by atoms with Crippen molar-refractivity contribution in [2.75, 3.05) is 17.7 Å². The van der Waals surface area contributed by atoms with Crippen LogP contribution >= 0.6 is 0 Å². The molecule has 19 heavy (non-hydrogen) atoms. The molecule has 5 heteroatoms. The second-order valence-corrected chi connectivity index (χ2v) is 4.10. The Bertz CT molecular complexity index is 630. The summed E-state index contributed by atoms with van der Waals surface area (Å²) in [6, 6.07) is 9.58. The predicted molar refractivity (Wildman–Crippen MR) is 75.0 cm³/mol. The number of nitrogens with two attached hydrogens (primary N) is 1. The Hall–Kier alpha value is -2.61. The standard InChI is InChI=1S/C14H15N5/c1-3-11-13(16)17-9-18-14(11)19(2)12-7-5-4-6-10(12)8-15/h4-7,9H,3H2,1-2H3,(H2,16,17,18). The molecule has 0 aliphatic carbocycles. The molecule has 2 aromatic rings. The number of nitrogen functional groups attached to an aromatic ring is 1. The molecule has 0 amide bonds. The average molecular weight is 253 g/mol. The Morgan fingerprint density at radius 2 is 2.05 bits per heavy atom. The molecule has 1 aromatic carbocycles. The van der Waals surface area contributed by atoms with Gasteiger partial charge in [-0.1, -0.05) is 19.1 Å². The number of hydrogen-bond acceptors (Lipinski definition) is 5. The molecule has 2 N–H and O–H groups in total. The van der Waals surface area contributed by atoms with Crippen LogP contribution in [0.4, 0.5) is 17.3 Å². The zero-order chi connectivity index (χ0) is 13.8. The molecule has 0 fully saturated rings. The topological polar surface area (TPSA) is 78.8 Å². The summed E-state index contributed by atoms with van der Waals surface area (Å²) in [4.78, 5) is 10.2. The Balaban J connectivity index is 2.54. The number of benzene rings is 1. The van der Waals surface area contributed by atoms with Crippen molar-refractivity contribution in [3.05, 3.63) is 41.7 Å². The van der Waals surface area contributed by atoms with Gasteiger partial charge < -0.3 is 10.6 Å². The van der Waals surface area contributed by atoms with Gasteiger partial charge in [0.25, 0.3) is 0 Å². The fraction of sp³-hybridized carbons (Fsp3) is 0.214. The van der Waals surface area contributed by atoms with Crippen molar-refractivity contribution in [3.63, 3.8) is 0 Å². The van der Waals surface area contributed by atoms with Crippen LogP contribution in [0.15, 0.2) is 30.6 Å². The lowest BCUT2D eigenvalue weighted by molar-refractivity contribution is 1.01. The number of hydrogen-bond donors (Lipinski definition) is 1. The molecule has 0 aliphatic heterocycles. The molecular weight excluding hydrogens is 238 g/mol. The number of anilines is 3. The van der Waals surface area contributed by atoms with Gasteiger partial charge in [-0.15, -0.1) is 0 Å². The van der Waals surface area contributed by atoms with Crippen LogP contribution in [0.5, 0.6) is 0 Å². The van der Waals surface area contributed by atoms with Gasteiger partial charge in [0.15, 0.2) is 0 Å². The zero-order valence-electron chi connectivity index (χ0n) is 11.0. The summed E-state index contributed by atoms with van der Waals surface area (Å²) in [6.45, 7) is 2.00. The molecule has 5 nitrogen and oxygen atoms in total. The van der Waals surface area contributed by atoms with E-state index in [1.54, 1.807) is 6.07 Å². The van der Waals surface area contributed by atoms with E-state index in [0.29, 0.717) is 11.4 Å².